The van der Waals surface area contributed by atoms with Gasteiger partial charge >= 0.3 is 0 Å². The van der Waals surface area contributed by atoms with Gasteiger partial charge in [-0.15, -0.1) is 0 Å². The van der Waals surface area contributed by atoms with Gasteiger partial charge in [0.15, 0.2) is 0 Å². The Hall–Kier alpha value is -2.02. The van der Waals surface area contributed by atoms with Crippen LogP contribution in [0.4, 0.5) is 4.39 Å². The van der Waals surface area contributed by atoms with E-state index in [1.807, 2.05) is 0 Å². The van der Waals surface area contributed by atoms with E-state index in [9.17, 15) is 4.39 Å². The molecule has 0 aromatic heterocycles. The Balaban J connectivity index is 2.75. The summed E-state index contributed by atoms with van der Waals surface area (Å²) < 4.78 is 12.9. The van der Waals surface area contributed by atoms with E-state index < -0.39 is 0 Å². The molecule has 1 aromatic rings. The number of halogens is 1. The molecule has 0 unspecified atom stereocenters. The quantitative estimate of drug-likeness (QED) is 0.273. The molecule has 1 aromatic carbocycles. The summed E-state index contributed by atoms with van der Waals surface area (Å²) in [6.07, 6.45) is 0.478. The molecule has 0 fully saturated rings. The first kappa shape index (κ1) is 12.1. The average molecular weight is 218 g/mol. The zero-order chi connectivity index (χ0) is 11.8. The van der Waals surface area contributed by atoms with Crippen LogP contribution < -0.4 is 5.73 Å². The van der Waals surface area contributed by atoms with Crippen molar-refractivity contribution in [1.82, 2.24) is 0 Å². The van der Waals surface area contributed by atoms with Crippen LogP contribution in [-0.2, 0) is 6.54 Å². The fourth-order valence-corrected chi connectivity index (χ4v) is 1.16. The van der Waals surface area contributed by atoms with E-state index in [0.717, 1.165) is 0 Å². The SMILES string of the molecule is [N-]=[N+]=NCCC#Cc1ccc(F)cc1CN. The first-order valence-electron chi connectivity index (χ1n) is 4.76. The van der Waals surface area contributed by atoms with E-state index in [1.165, 1.54) is 12.1 Å². The molecule has 0 saturated heterocycles. The second kappa shape index (κ2) is 6.46. The zero-order valence-corrected chi connectivity index (χ0v) is 8.65. The minimum absolute atomic E-state index is 0.248. The number of benzene rings is 1. The molecule has 0 aliphatic heterocycles. The van der Waals surface area contributed by atoms with Gasteiger partial charge in [0.05, 0.1) is 0 Å². The Morgan fingerprint density at radius 2 is 2.31 bits per heavy atom. The van der Waals surface area contributed by atoms with E-state index in [2.05, 4.69) is 21.9 Å². The maximum atomic E-state index is 12.9. The number of rotatable bonds is 3. The van der Waals surface area contributed by atoms with Crippen molar-refractivity contribution in [2.45, 2.75) is 13.0 Å². The lowest BCUT2D eigenvalue weighted by Crippen LogP contribution is -2.00. The van der Waals surface area contributed by atoms with Crippen LogP contribution in [0.2, 0.25) is 0 Å². The number of hydrogen-bond acceptors (Lipinski definition) is 2. The Morgan fingerprint density at radius 1 is 1.50 bits per heavy atom. The molecular weight excluding hydrogens is 207 g/mol. The lowest BCUT2D eigenvalue weighted by molar-refractivity contribution is 0.625. The van der Waals surface area contributed by atoms with E-state index in [0.29, 0.717) is 24.1 Å². The fraction of sp³-hybridized carbons (Fsp3) is 0.273. The Kier molecular flexibility index (Phi) is 4.87. The molecule has 4 nitrogen and oxygen atoms in total. The van der Waals surface area contributed by atoms with Crippen molar-refractivity contribution in [3.05, 3.63) is 45.6 Å². The lowest BCUT2D eigenvalue weighted by atomic mass is 10.1. The predicted octanol–water partition coefficient (Wildman–Crippen LogP) is 2.34. The lowest BCUT2D eigenvalue weighted by Gasteiger charge is -2.00. The van der Waals surface area contributed by atoms with E-state index in [1.54, 1.807) is 6.07 Å². The molecular formula is C11H11FN4. The van der Waals surface area contributed by atoms with E-state index in [-0.39, 0.29) is 12.4 Å². The van der Waals surface area contributed by atoms with Gasteiger partial charge in [0.2, 0.25) is 0 Å². The highest BCUT2D eigenvalue weighted by atomic mass is 19.1. The summed E-state index contributed by atoms with van der Waals surface area (Å²) in [6, 6.07) is 4.31. The number of nitrogens with zero attached hydrogens (tertiary/aromatic N) is 3. The second-order valence-corrected chi connectivity index (χ2v) is 3.01. The molecule has 0 bridgehead atoms. The highest BCUT2D eigenvalue weighted by Gasteiger charge is 1.99. The molecule has 82 valence electrons. The molecule has 2 N–H and O–H groups in total. The van der Waals surface area contributed by atoms with Gasteiger partial charge < -0.3 is 5.73 Å². The maximum Gasteiger partial charge on any atom is 0.123 e. The molecule has 16 heavy (non-hydrogen) atoms. The van der Waals surface area contributed by atoms with Gasteiger partial charge in [-0.1, -0.05) is 17.0 Å². The number of hydrogen-bond donors (Lipinski definition) is 1. The summed E-state index contributed by atoms with van der Waals surface area (Å²) in [5.41, 5.74) is 14.9. The Labute approximate surface area is 92.9 Å². The molecule has 0 aliphatic rings. The molecule has 0 amide bonds. The van der Waals surface area contributed by atoms with Crippen LogP contribution >= 0.6 is 0 Å². The zero-order valence-electron chi connectivity index (χ0n) is 8.65. The number of azide groups is 1. The van der Waals surface area contributed by atoms with Crippen molar-refractivity contribution >= 4 is 0 Å². The van der Waals surface area contributed by atoms with Gasteiger partial charge in [-0.2, -0.15) is 0 Å². The van der Waals surface area contributed by atoms with Crippen molar-refractivity contribution < 1.29 is 4.39 Å². The third-order valence-corrected chi connectivity index (χ3v) is 1.91. The van der Waals surface area contributed by atoms with Crippen molar-refractivity contribution in [2.75, 3.05) is 6.54 Å². The minimum Gasteiger partial charge on any atom is -0.326 e. The smallest absolute Gasteiger partial charge is 0.123 e. The summed E-state index contributed by atoms with van der Waals surface area (Å²) in [4.78, 5) is 2.61. The van der Waals surface area contributed by atoms with Crippen LogP contribution in [0.1, 0.15) is 17.5 Å². The largest absolute Gasteiger partial charge is 0.326 e. The van der Waals surface area contributed by atoms with E-state index >= 15 is 0 Å². The van der Waals surface area contributed by atoms with Gasteiger partial charge in [-0.25, -0.2) is 4.39 Å². The standard InChI is InChI=1S/C11H11FN4/c12-11-5-4-9(10(7-11)8-13)3-1-2-6-15-16-14/h4-5,7H,2,6,8,13H2. The van der Waals surface area contributed by atoms with Crippen LogP contribution in [0, 0.1) is 17.7 Å². The van der Waals surface area contributed by atoms with Crippen molar-refractivity contribution in [3.63, 3.8) is 0 Å². The highest BCUT2D eigenvalue weighted by Crippen LogP contribution is 2.09. The van der Waals surface area contributed by atoms with Crippen LogP contribution in [0.3, 0.4) is 0 Å². The third kappa shape index (κ3) is 3.62. The molecule has 0 atom stereocenters. The first-order valence-corrected chi connectivity index (χ1v) is 4.76. The molecule has 1 rings (SSSR count). The summed E-state index contributed by atoms with van der Waals surface area (Å²) in [7, 11) is 0. The van der Waals surface area contributed by atoms with Crippen molar-refractivity contribution in [2.24, 2.45) is 10.8 Å². The van der Waals surface area contributed by atoms with Crippen LogP contribution in [-0.4, -0.2) is 6.54 Å². The predicted molar refractivity (Wildman–Crippen MR) is 59.8 cm³/mol. The van der Waals surface area contributed by atoms with Gasteiger partial charge in [-0.3, -0.25) is 0 Å². The van der Waals surface area contributed by atoms with Crippen LogP contribution in [0.15, 0.2) is 23.3 Å². The van der Waals surface area contributed by atoms with Gasteiger partial charge in [0.25, 0.3) is 0 Å². The normalized spacial score (nSPS) is 8.88. The van der Waals surface area contributed by atoms with Crippen molar-refractivity contribution in [3.8, 4) is 11.8 Å². The molecule has 5 heteroatoms. The minimum atomic E-state index is -0.319. The monoisotopic (exact) mass is 218 g/mol. The Morgan fingerprint density at radius 3 is 3.00 bits per heavy atom. The molecule has 0 heterocycles. The third-order valence-electron chi connectivity index (χ3n) is 1.91. The average Bonchev–Trinajstić information content (AvgIpc) is 2.30. The Bertz CT molecular complexity index is 467. The van der Waals surface area contributed by atoms with Gasteiger partial charge in [0.1, 0.15) is 5.82 Å². The van der Waals surface area contributed by atoms with Crippen LogP contribution in [0.25, 0.3) is 10.4 Å². The van der Waals surface area contributed by atoms with Crippen molar-refractivity contribution in [1.29, 1.82) is 0 Å². The van der Waals surface area contributed by atoms with Gasteiger partial charge in [0, 0.05) is 30.0 Å². The molecule has 0 spiro atoms. The molecule has 0 aliphatic carbocycles. The van der Waals surface area contributed by atoms with E-state index in [4.69, 9.17) is 11.3 Å². The van der Waals surface area contributed by atoms with Gasteiger partial charge in [-0.05, 0) is 29.3 Å². The number of nitrogens with two attached hydrogens (primary N) is 1. The summed E-state index contributed by atoms with van der Waals surface area (Å²) >= 11 is 0. The van der Waals surface area contributed by atoms with Crippen LogP contribution in [0.5, 0.6) is 0 Å². The highest BCUT2D eigenvalue weighted by molar-refractivity contribution is 5.41. The molecule has 0 saturated carbocycles. The summed E-state index contributed by atoms with van der Waals surface area (Å²) in [6.45, 7) is 0.584. The summed E-state index contributed by atoms with van der Waals surface area (Å²) in [5.74, 6) is 5.39. The maximum absolute atomic E-state index is 12.9. The topological polar surface area (TPSA) is 74.8 Å². The summed E-state index contributed by atoms with van der Waals surface area (Å²) in [5, 5.41) is 3.35. The second-order valence-electron chi connectivity index (χ2n) is 3.01. The fourth-order valence-electron chi connectivity index (χ4n) is 1.16. The first-order chi connectivity index (χ1) is 7.77. The molecule has 0 radical (unpaired) electrons.